The van der Waals surface area contributed by atoms with Crippen LogP contribution in [0, 0.1) is 0 Å². The number of nitrogens with zero attached hydrogens (tertiary/aromatic N) is 2. The second kappa shape index (κ2) is 7.37. The molecule has 0 unspecified atom stereocenters. The molecule has 1 aliphatic heterocycles. The minimum Gasteiger partial charge on any atom is -0.361 e. The number of benzene rings is 2. The van der Waals surface area contributed by atoms with Crippen LogP contribution in [0.25, 0.3) is 21.8 Å². The number of fused-ring (bicyclic) bond motifs is 2. The number of piperidine rings is 1. The predicted molar refractivity (Wildman–Crippen MR) is 116 cm³/mol. The first kappa shape index (κ1) is 17.9. The molecule has 6 heteroatoms. The fourth-order valence-electron chi connectivity index (χ4n) is 4.54. The fraction of sp³-hybridized carbons (Fsp3) is 0.304. The maximum absolute atomic E-state index is 12.7. The van der Waals surface area contributed by atoms with E-state index in [1.807, 2.05) is 12.1 Å². The average Bonchev–Trinajstić information content (AvgIpc) is 3.18. The van der Waals surface area contributed by atoms with Gasteiger partial charge in [-0.3, -0.25) is 9.36 Å². The number of likely N-dealkylation sites (tertiary alicyclic amines) is 1. The van der Waals surface area contributed by atoms with E-state index in [9.17, 15) is 9.59 Å². The highest BCUT2D eigenvalue weighted by atomic mass is 16.2. The highest BCUT2D eigenvalue weighted by molar-refractivity contribution is 5.83. The maximum Gasteiger partial charge on any atom is 0.328 e. The SMILES string of the molecule is O=c1[nH]c2ccccc2c(=O)n1CCN1CCC(c2c[nH]c3ccccc23)CC1. The number of nitrogens with one attached hydrogen (secondary N) is 2. The largest absolute Gasteiger partial charge is 0.361 e. The Morgan fingerprint density at radius 1 is 0.862 bits per heavy atom. The molecule has 1 aliphatic rings. The molecule has 2 N–H and O–H groups in total. The summed E-state index contributed by atoms with van der Waals surface area (Å²) in [5.74, 6) is 0.550. The van der Waals surface area contributed by atoms with Gasteiger partial charge in [0.1, 0.15) is 0 Å². The molecule has 2 aromatic heterocycles. The highest BCUT2D eigenvalue weighted by Gasteiger charge is 2.22. The molecule has 148 valence electrons. The molecular weight excluding hydrogens is 364 g/mol. The van der Waals surface area contributed by atoms with Crippen LogP contribution in [-0.4, -0.2) is 39.1 Å². The Balaban J connectivity index is 1.27. The van der Waals surface area contributed by atoms with Crippen molar-refractivity contribution >= 4 is 21.8 Å². The van der Waals surface area contributed by atoms with Crippen LogP contribution in [0.2, 0.25) is 0 Å². The average molecular weight is 388 g/mol. The van der Waals surface area contributed by atoms with Crippen molar-refractivity contribution in [2.45, 2.75) is 25.3 Å². The second-order valence-electron chi connectivity index (χ2n) is 7.84. The van der Waals surface area contributed by atoms with Crippen molar-refractivity contribution in [3.05, 3.63) is 81.1 Å². The lowest BCUT2D eigenvalue weighted by Gasteiger charge is -2.32. The van der Waals surface area contributed by atoms with Crippen molar-refractivity contribution < 1.29 is 0 Å². The first-order chi connectivity index (χ1) is 14.2. The minimum absolute atomic E-state index is 0.210. The summed E-state index contributed by atoms with van der Waals surface area (Å²) in [6.45, 7) is 3.08. The summed E-state index contributed by atoms with van der Waals surface area (Å²) in [4.78, 5) is 33.6. The molecule has 0 bridgehead atoms. The van der Waals surface area contributed by atoms with Gasteiger partial charge in [-0.1, -0.05) is 30.3 Å². The Morgan fingerprint density at radius 3 is 2.34 bits per heavy atom. The van der Waals surface area contributed by atoms with E-state index in [4.69, 9.17) is 0 Å². The Kier molecular flexibility index (Phi) is 4.56. The minimum atomic E-state index is -0.331. The van der Waals surface area contributed by atoms with Crippen molar-refractivity contribution in [3.8, 4) is 0 Å². The lowest BCUT2D eigenvalue weighted by atomic mass is 9.89. The zero-order chi connectivity index (χ0) is 19.8. The summed E-state index contributed by atoms with van der Waals surface area (Å²) in [6.07, 6.45) is 4.33. The van der Waals surface area contributed by atoms with Crippen molar-refractivity contribution in [3.63, 3.8) is 0 Å². The molecular formula is C23H24N4O2. The summed E-state index contributed by atoms with van der Waals surface area (Å²) >= 11 is 0. The van der Waals surface area contributed by atoms with Crippen LogP contribution in [0.15, 0.2) is 64.3 Å². The van der Waals surface area contributed by atoms with E-state index in [2.05, 4.69) is 45.3 Å². The summed E-state index contributed by atoms with van der Waals surface area (Å²) in [5.41, 5.74) is 2.65. The van der Waals surface area contributed by atoms with E-state index < -0.39 is 0 Å². The van der Waals surface area contributed by atoms with Gasteiger partial charge in [0.15, 0.2) is 0 Å². The van der Waals surface area contributed by atoms with E-state index in [0.29, 0.717) is 29.9 Å². The predicted octanol–water partition coefficient (Wildman–Crippen LogP) is 3.05. The number of hydrogen-bond acceptors (Lipinski definition) is 3. The zero-order valence-electron chi connectivity index (χ0n) is 16.2. The van der Waals surface area contributed by atoms with Crippen LogP contribution in [-0.2, 0) is 6.54 Å². The van der Waals surface area contributed by atoms with Crippen molar-refractivity contribution in [2.75, 3.05) is 19.6 Å². The van der Waals surface area contributed by atoms with Gasteiger partial charge >= 0.3 is 5.69 Å². The topological polar surface area (TPSA) is 73.9 Å². The third kappa shape index (κ3) is 3.29. The molecule has 0 saturated carbocycles. The van der Waals surface area contributed by atoms with Gasteiger partial charge < -0.3 is 14.9 Å². The quantitative estimate of drug-likeness (QED) is 0.564. The van der Waals surface area contributed by atoms with Gasteiger partial charge in [0.05, 0.1) is 10.9 Å². The van der Waals surface area contributed by atoms with Crippen LogP contribution < -0.4 is 11.2 Å². The van der Waals surface area contributed by atoms with Gasteiger partial charge in [0.25, 0.3) is 5.56 Å². The van der Waals surface area contributed by atoms with E-state index >= 15 is 0 Å². The van der Waals surface area contributed by atoms with E-state index in [0.717, 1.165) is 25.9 Å². The third-order valence-corrected chi connectivity index (χ3v) is 6.18. The van der Waals surface area contributed by atoms with Gasteiger partial charge in [-0.15, -0.1) is 0 Å². The first-order valence-corrected chi connectivity index (χ1v) is 10.2. The summed E-state index contributed by atoms with van der Waals surface area (Å²) in [6, 6.07) is 15.6. The maximum atomic E-state index is 12.7. The van der Waals surface area contributed by atoms with E-state index in [1.54, 1.807) is 12.1 Å². The number of hydrogen-bond donors (Lipinski definition) is 2. The Labute approximate surface area is 167 Å². The van der Waals surface area contributed by atoms with Crippen molar-refractivity contribution in [1.29, 1.82) is 0 Å². The van der Waals surface area contributed by atoms with Gasteiger partial charge in [0, 0.05) is 30.2 Å². The van der Waals surface area contributed by atoms with Crippen LogP contribution in [0.5, 0.6) is 0 Å². The highest BCUT2D eigenvalue weighted by Crippen LogP contribution is 2.32. The van der Waals surface area contributed by atoms with Crippen molar-refractivity contribution in [2.24, 2.45) is 0 Å². The van der Waals surface area contributed by atoms with E-state index in [-0.39, 0.29) is 11.2 Å². The molecule has 4 aromatic rings. The fourth-order valence-corrected chi connectivity index (χ4v) is 4.54. The monoisotopic (exact) mass is 388 g/mol. The zero-order valence-corrected chi connectivity index (χ0v) is 16.2. The molecule has 0 spiro atoms. The molecule has 3 heterocycles. The molecule has 6 nitrogen and oxygen atoms in total. The van der Waals surface area contributed by atoms with Crippen LogP contribution in [0.3, 0.4) is 0 Å². The van der Waals surface area contributed by atoms with Gasteiger partial charge in [-0.25, -0.2) is 4.79 Å². The Hall–Kier alpha value is -3.12. The summed E-state index contributed by atoms with van der Waals surface area (Å²) in [5, 5.41) is 1.88. The smallest absolute Gasteiger partial charge is 0.328 e. The van der Waals surface area contributed by atoms with E-state index in [1.165, 1.54) is 21.0 Å². The lowest BCUT2D eigenvalue weighted by molar-refractivity contribution is 0.204. The molecule has 5 rings (SSSR count). The standard InChI is InChI=1S/C23H24N4O2/c28-22-18-6-2-4-8-21(18)25-23(29)27(22)14-13-26-11-9-16(10-12-26)19-15-24-20-7-3-1-5-17(19)20/h1-8,15-16,24H,9-14H2,(H,25,29). The normalized spacial score (nSPS) is 16.0. The number of aromatic nitrogens is 3. The Bertz CT molecular complexity index is 1280. The van der Waals surface area contributed by atoms with Gasteiger partial charge in [-0.05, 0) is 55.6 Å². The molecule has 1 saturated heterocycles. The second-order valence-corrected chi connectivity index (χ2v) is 7.84. The van der Waals surface area contributed by atoms with Crippen molar-refractivity contribution in [1.82, 2.24) is 19.4 Å². The number of rotatable bonds is 4. The molecule has 0 aliphatic carbocycles. The first-order valence-electron chi connectivity index (χ1n) is 10.2. The third-order valence-electron chi connectivity index (χ3n) is 6.18. The molecule has 2 aromatic carbocycles. The summed E-state index contributed by atoms with van der Waals surface area (Å²) in [7, 11) is 0. The molecule has 0 atom stereocenters. The Morgan fingerprint density at radius 2 is 1.55 bits per heavy atom. The molecule has 1 fully saturated rings. The number of H-pyrrole nitrogens is 2. The lowest BCUT2D eigenvalue weighted by Crippen LogP contribution is -2.41. The van der Waals surface area contributed by atoms with Gasteiger partial charge in [-0.2, -0.15) is 0 Å². The molecule has 0 amide bonds. The summed E-state index contributed by atoms with van der Waals surface area (Å²) < 4.78 is 1.33. The van der Waals surface area contributed by atoms with Crippen LogP contribution in [0.4, 0.5) is 0 Å². The van der Waals surface area contributed by atoms with Crippen LogP contribution in [0.1, 0.15) is 24.3 Å². The molecule has 29 heavy (non-hydrogen) atoms. The van der Waals surface area contributed by atoms with Crippen LogP contribution >= 0.6 is 0 Å². The number of aromatic amines is 2. The number of para-hydroxylation sites is 2. The molecule has 0 radical (unpaired) electrons. The van der Waals surface area contributed by atoms with Gasteiger partial charge in [0.2, 0.25) is 0 Å².